The highest BCUT2D eigenvalue weighted by atomic mass is 32.1. The minimum atomic E-state index is 0.879. The summed E-state index contributed by atoms with van der Waals surface area (Å²) in [4.78, 5) is 0. The maximum absolute atomic E-state index is 6.43. The Morgan fingerprint density at radius 3 is 0.944 bits per heavy atom. The summed E-state index contributed by atoms with van der Waals surface area (Å²) in [5.74, 6) is 0. The molecule has 144 heavy (non-hydrogen) atoms. The lowest BCUT2D eigenvalue weighted by Crippen LogP contribution is -1.90. The van der Waals surface area contributed by atoms with Crippen molar-refractivity contribution in [2.75, 3.05) is 0 Å². The number of furan rings is 3. The van der Waals surface area contributed by atoms with Crippen LogP contribution < -0.4 is 0 Å². The van der Waals surface area contributed by atoms with E-state index >= 15 is 0 Å². The minimum absolute atomic E-state index is 0.879. The van der Waals surface area contributed by atoms with E-state index in [1.807, 2.05) is 76.5 Å². The van der Waals surface area contributed by atoms with Crippen LogP contribution in [0.5, 0.6) is 0 Å². The first-order chi connectivity index (χ1) is 71.3. The van der Waals surface area contributed by atoms with Gasteiger partial charge in [-0.15, -0.1) is 34.0 Å². The number of thiophene rings is 3. The van der Waals surface area contributed by atoms with Crippen LogP contribution in [0.25, 0.3) is 282 Å². The SMILES string of the molecule is c1ccc(-c2ccc(-c3ccc(-c4cc(-c5ccc6c(c5)oc5ccccc56)c5c(c4)oc4ccccc45)cc3)cc2)cc1.c1ccc(-c2cccc(-c3ccc(-c4cc(-c5ccc6oc7ccccc7c6c5)c5c(c4)sc4ccccc45)cc3-c3ccccc3)c2)cc1.c1ccc(-c2cccc(-c3ccc(-c4cc(-c5ccc6sc7ccccc7c6c5)c5c(c4)sc4ccccc45)c(-c4ccccc4)c3)c2)cc1. The van der Waals surface area contributed by atoms with Crippen molar-refractivity contribution in [2.45, 2.75) is 0 Å². The number of hydrogen-bond donors (Lipinski definition) is 0. The van der Waals surface area contributed by atoms with Crippen LogP contribution >= 0.6 is 34.0 Å². The minimum Gasteiger partial charge on any atom is -0.456 e. The second kappa shape index (κ2) is 36.4. The number of benzene rings is 23. The van der Waals surface area contributed by atoms with E-state index in [4.69, 9.17) is 13.3 Å². The lowest BCUT2D eigenvalue weighted by molar-refractivity contribution is 0.668. The Morgan fingerprint density at radius 1 is 0.104 bits per heavy atom. The second-order valence-corrected chi connectivity index (χ2v) is 40.3. The zero-order chi connectivity index (χ0) is 95.1. The maximum atomic E-state index is 6.43. The molecule has 0 bridgehead atoms. The first-order valence-electron chi connectivity index (χ1n) is 48.9. The quantitative estimate of drug-likeness (QED) is 0.109. The molecule has 3 nitrogen and oxygen atoms in total. The Bertz CT molecular complexity index is 10000. The normalized spacial score (nSPS) is 11.6. The summed E-state index contributed by atoms with van der Waals surface area (Å²) in [6.45, 7) is 0. The lowest BCUT2D eigenvalue weighted by Gasteiger charge is -2.16. The Hall–Kier alpha value is -17.9. The van der Waals surface area contributed by atoms with E-state index in [1.54, 1.807) is 0 Å². The molecule has 0 aliphatic heterocycles. The van der Waals surface area contributed by atoms with Crippen LogP contribution in [0.15, 0.2) is 535 Å². The van der Waals surface area contributed by atoms with Gasteiger partial charge < -0.3 is 13.3 Å². The molecule has 0 aliphatic rings. The van der Waals surface area contributed by atoms with Crippen molar-refractivity contribution in [1.29, 1.82) is 0 Å². The molecule has 0 atom stereocenters. The molecule has 0 aliphatic carbocycles. The van der Waals surface area contributed by atoms with Crippen LogP contribution in [0.3, 0.4) is 0 Å². The van der Waals surface area contributed by atoms with Crippen LogP contribution in [-0.4, -0.2) is 0 Å². The summed E-state index contributed by atoms with van der Waals surface area (Å²) in [6, 6.07) is 188. The molecule has 0 unspecified atom stereocenters. The average molecular weight is 1890 g/mol. The lowest BCUT2D eigenvalue weighted by atomic mass is 9.88. The second-order valence-electron chi connectivity index (χ2n) is 37.1. The Labute approximate surface area is 844 Å². The van der Waals surface area contributed by atoms with E-state index in [1.165, 1.54) is 194 Å². The van der Waals surface area contributed by atoms with Gasteiger partial charge in [0, 0.05) is 92.8 Å². The first-order valence-corrected chi connectivity index (χ1v) is 51.4. The molecule has 0 saturated carbocycles. The Balaban J connectivity index is 0.000000108. The van der Waals surface area contributed by atoms with Gasteiger partial charge in [0.15, 0.2) is 0 Å². The molecule has 6 heteroatoms. The average Bonchev–Trinajstić information content (AvgIpc) is 1.58. The van der Waals surface area contributed by atoms with Gasteiger partial charge >= 0.3 is 0 Å². The van der Waals surface area contributed by atoms with Crippen molar-refractivity contribution in [3.05, 3.63) is 522 Å². The summed E-state index contributed by atoms with van der Waals surface area (Å²) in [6.07, 6.45) is 0. The summed E-state index contributed by atoms with van der Waals surface area (Å²) >= 11 is 5.63. The molecule has 674 valence electrons. The van der Waals surface area contributed by atoms with Crippen molar-refractivity contribution in [1.82, 2.24) is 0 Å². The highest BCUT2D eigenvalue weighted by Gasteiger charge is 2.24. The van der Waals surface area contributed by atoms with E-state index < -0.39 is 0 Å². The largest absolute Gasteiger partial charge is 0.456 e. The smallest absolute Gasteiger partial charge is 0.136 e. The highest BCUT2D eigenvalue weighted by molar-refractivity contribution is 7.26. The molecular formula is C138H86O3S3. The van der Waals surface area contributed by atoms with Gasteiger partial charge in [-0.2, -0.15) is 0 Å². The molecule has 6 heterocycles. The molecular weight excluding hydrogens is 1800 g/mol. The summed E-state index contributed by atoms with van der Waals surface area (Å²) in [5, 5.41) is 14.7. The molecule has 29 rings (SSSR count). The standard InChI is InChI=1S/C48H30OS.C48H30S2.C42H26O2/c1-3-12-31(13-4-1)33-16-11-17-35(26-33)38-24-22-34(27-41(38)32-14-5-2-6-15-32)37-29-42(48-40-19-8-10-21-46(40)50-47(48)30-37)36-23-25-45-43(28-36)39-18-7-9-20-44(39)49-45;1-3-12-31(13-4-1)33-16-11-17-34(26-33)35-22-24-38(41(27-35)32-14-5-2-6-15-32)37-29-42(48-40-19-8-10-21-45(40)50-47(48)30-37)36-23-25-46-43(28-36)39-18-7-9-20-44(39)49-46;1-2-8-27(9-3-1)28-14-16-29(17-15-28)30-18-20-31(21-19-30)33-24-37(42-36-11-5-7-13-39(36)44-41(42)26-33)32-22-23-35-34-10-4-6-12-38(34)43-40(35)25-32/h2*1-30H;1-26H. The van der Waals surface area contributed by atoms with Crippen molar-refractivity contribution >= 4 is 160 Å². The molecule has 0 fully saturated rings. The summed E-state index contributed by atoms with van der Waals surface area (Å²) in [7, 11) is 0. The molecule has 0 spiro atoms. The fraction of sp³-hybridized carbons (Fsp3) is 0. The molecule has 0 saturated heterocycles. The van der Waals surface area contributed by atoms with Crippen LogP contribution in [0.1, 0.15) is 0 Å². The number of rotatable bonds is 14. The predicted molar refractivity (Wildman–Crippen MR) is 616 cm³/mol. The third-order valence-corrected chi connectivity index (χ3v) is 31.9. The van der Waals surface area contributed by atoms with Crippen molar-refractivity contribution in [2.24, 2.45) is 0 Å². The number of fused-ring (bicyclic) bond motifs is 18. The Morgan fingerprint density at radius 2 is 0.389 bits per heavy atom. The van der Waals surface area contributed by atoms with Crippen molar-refractivity contribution in [3.8, 4) is 156 Å². The van der Waals surface area contributed by atoms with E-state index in [2.05, 4.69) is 479 Å². The third-order valence-electron chi connectivity index (χ3n) is 28.5. The summed E-state index contributed by atoms with van der Waals surface area (Å²) < 4.78 is 26.8. The van der Waals surface area contributed by atoms with Crippen molar-refractivity contribution in [3.63, 3.8) is 0 Å². The summed E-state index contributed by atoms with van der Waals surface area (Å²) in [5.41, 5.74) is 39.2. The van der Waals surface area contributed by atoms with E-state index in [9.17, 15) is 0 Å². The molecule has 0 radical (unpaired) electrons. The van der Waals surface area contributed by atoms with Gasteiger partial charge in [0.2, 0.25) is 0 Å². The number of para-hydroxylation sites is 3. The van der Waals surface area contributed by atoms with Gasteiger partial charge in [-0.3, -0.25) is 0 Å². The molecule has 0 amide bonds. The van der Waals surface area contributed by atoms with E-state index in [-0.39, 0.29) is 0 Å². The van der Waals surface area contributed by atoms with Crippen LogP contribution in [0.2, 0.25) is 0 Å². The fourth-order valence-electron chi connectivity index (χ4n) is 21.4. The third kappa shape index (κ3) is 15.8. The van der Waals surface area contributed by atoms with Crippen molar-refractivity contribution < 1.29 is 13.3 Å². The maximum Gasteiger partial charge on any atom is 0.136 e. The highest BCUT2D eigenvalue weighted by Crippen LogP contribution is 2.51. The van der Waals surface area contributed by atoms with E-state index in [0.717, 1.165) is 88.1 Å². The predicted octanol–water partition coefficient (Wildman–Crippen LogP) is 41.2. The molecule has 23 aromatic carbocycles. The van der Waals surface area contributed by atoms with Gasteiger partial charge in [0.05, 0.1) is 0 Å². The van der Waals surface area contributed by atoms with Crippen LogP contribution in [0, 0.1) is 0 Å². The molecule has 29 aromatic rings. The first kappa shape index (κ1) is 85.3. The van der Waals surface area contributed by atoms with Gasteiger partial charge in [-0.25, -0.2) is 0 Å². The van der Waals surface area contributed by atoms with Gasteiger partial charge in [0.25, 0.3) is 0 Å². The Kier molecular flexibility index (Phi) is 21.6. The topological polar surface area (TPSA) is 39.4 Å². The van der Waals surface area contributed by atoms with Crippen LogP contribution in [0.4, 0.5) is 0 Å². The van der Waals surface area contributed by atoms with Crippen LogP contribution in [-0.2, 0) is 0 Å². The zero-order valence-corrected chi connectivity index (χ0v) is 80.6. The monoisotopic (exact) mass is 1890 g/mol. The number of hydrogen-bond acceptors (Lipinski definition) is 6. The van der Waals surface area contributed by atoms with Gasteiger partial charge in [-0.1, -0.05) is 388 Å². The molecule has 0 N–H and O–H groups in total. The van der Waals surface area contributed by atoms with Gasteiger partial charge in [-0.05, 0) is 289 Å². The fourth-order valence-corrected chi connectivity index (χ4v) is 24.9. The van der Waals surface area contributed by atoms with E-state index in [0.29, 0.717) is 0 Å². The zero-order valence-electron chi connectivity index (χ0n) is 78.1. The molecule has 6 aromatic heterocycles. The van der Waals surface area contributed by atoms with Gasteiger partial charge in [0.1, 0.15) is 33.5 Å².